The van der Waals surface area contributed by atoms with Crippen molar-refractivity contribution in [1.29, 1.82) is 0 Å². The molecular formula is C14H16N2O2. The van der Waals surface area contributed by atoms with Gasteiger partial charge in [0.1, 0.15) is 0 Å². The van der Waals surface area contributed by atoms with Crippen LogP contribution in [-0.2, 0) is 4.79 Å². The van der Waals surface area contributed by atoms with Crippen LogP contribution in [-0.4, -0.2) is 22.6 Å². The third-order valence-electron chi connectivity index (χ3n) is 2.70. The van der Waals surface area contributed by atoms with Gasteiger partial charge in [-0.2, -0.15) is 0 Å². The molecule has 94 valence electrons. The lowest BCUT2D eigenvalue weighted by atomic mass is 10.1. The van der Waals surface area contributed by atoms with Crippen molar-refractivity contribution in [2.75, 3.05) is 11.9 Å². The van der Waals surface area contributed by atoms with Crippen LogP contribution in [0.25, 0.3) is 10.9 Å². The number of rotatable bonds is 4. The Bertz CT molecular complexity index is 567. The van der Waals surface area contributed by atoms with Crippen LogP contribution < -0.4 is 5.32 Å². The maximum absolute atomic E-state index is 11.6. The summed E-state index contributed by atoms with van der Waals surface area (Å²) in [6, 6.07) is 9.62. The molecule has 0 unspecified atom stereocenters. The summed E-state index contributed by atoms with van der Waals surface area (Å²) in [4.78, 5) is 16.1. The van der Waals surface area contributed by atoms with E-state index in [-0.39, 0.29) is 12.5 Å². The highest BCUT2D eigenvalue weighted by atomic mass is 16.3. The van der Waals surface area contributed by atoms with Crippen LogP contribution in [0.3, 0.4) is 0 Å². The van der Waals surface area contributed by atoms with E-state index >= 15 is 0 Å². The Kier molecular flexibility index (Phi) is 3.89. The number of carbonyl (C=O) groups is 1. The fourth-order valence-corrected chi connectivity index (χ4v) is 1.80. The number of carbonyl (C=O) groups excluding carboxylic acids is 1. The van der Waals surface area contributed by atoms with Gasteiger partial charge >= 0.3 is 0 Å². The average molecular weight is 244 g/mol. The summed E-state index contributed by atoms with van der Waals surface area (Å²) in [6.45, 7) is 1.95. The molecule has 0 atom stereocenters. The van der Waals surface area contributed by atoms with Crippen molar-refractivity contribution in [1.82, 2.24) is 4.98 Å². The number of nitrogens with zero attached hydrogens (tertiary/aromatic N) is 1. The minimum atomic E-state index is -0.0974. The first-order chi connectivity index (χ1) is 8.70. The number of para-hydroxylation sites is 1. The van der Waals surface area contributed by atoms with Gasteiger partial charge < -0.3 is 10.4 Å². The predicted molar refractivity (Wildman–Crippen MR) is 71.4 cm³/mol. The number of anilines is 1. The molecule has 0 spiro atoms. The summed E-state index contributed by atoms with van der Waals surface area (Å²) in [5.41, 5.74) is 2.44. The molecule has 1 aromatic heterocycles. The molecule has 4 nitrogen and oxygen atoms in total. The first-order valence-corrected chi connectivity index (χ1v) is 5.98. The molecule has 18 heavy (non-hydrogen) atoms. The molecule has 0 aliphatic heterocycles. The van der Waals surface area contributed by atoms with Crippen molar-refractivity contribution in [2.45, 2.75) is 19.8 Å². The van der Waals surface area contributed by atoms with Gasteiger partial charge in [-0.1, -0.05) is 18.2 Å². The molecule has 4 heteroatoms. The number of aryl methyl sites for hydroxylation is 1. The number of benzene rings is 1. The molecule has 0 saturated carbocycles. The number of amides is 1. The van der Waals surface area contributed by atoms with E-state index in [4.69, 9.17) is 5.11 Å². The lowest BCUT2D eigenvalue weighted by Gasteiger charge is -2.08. The van der Waals surface area contributed by atoms with Crippen LogP contribution >= 0.6 is 0 Å². The Morgan fingerprint density at radius 2 is 2.17 bits per heavy atom. The van der Waals surface area contributed by atoms with Crippen molar-refractivity contribution in [3.8, 4) is 0 Å². The smallest absolute Gasteiger partial charge is 0.224 e. The Morgan fingerprint density at radius 3 is 2.94 bits per heavy atom. The molecule has 2 rings (SSSR count). The molecule has 2 aromatic rings. The second-order valence-electron chi connectivity index (χ2n) is 4.21. The summed E-state index contributed by atoms with van der Waals surface area (Å²) in [6.07, 6.45) is 0.793. The summed E-state index contributed by atoms with van der Waals surface area (Å²) in [5.74, 6) is -0.0974. The predicted octanol–water partition coefficient (Wildman–Crippen LogP) is 2.25. The lowest BCUT2D eigenvalue weighted by Crippen LogP contribution is -2.12. The average Bonchev–Trinajstić information content (AvgIpc) is 2.37. The van der Waals surface area contributed by atoms with E-state index in [1.807, 2.05) is 37.3 Å². The second kappa shape index (κ2) is 5.60. The first-order valence-electron chi connectivity index (χ1n) is 5.98. The second-order valence-corrected chi connectivity index (χ2v) is 4.21. The van der Waals surface area contributed by atoms with Crippen molar-refractivity contribution in [3.63, 3.8) is 0 Å². The summed E-state index contributed by atoms with van der Waals surface area (Å²) >= 11 is 0. The van der Waals surface area contributed by atoms with Gasteiger partial charge in [0.15, 0.2) is 0 Å². The molecule has 1 heterocycles. The van der Waals surface area contributed by atoms with Crippen LogP contribution in [0.4, 0.5) is 5.69 Å². The maximum atomic E-state index is 11.6. The highest BCUT2D eigenvalue weighted by Crippen LogP contribution is 2.21. The first kappa shape index (κ1) is 12.5. The number of aliphatic hydroxyl groups is 1. The molecule has 0 aliphatic carbocycles. The standard InChI is InChI=1S/C14H16N2O2/c1-10-7-8-11-4-2-5-12(14(11)15-10)16-13(18)6-3-9-17/h2,4-5,7-8,17H,3,6,9H2,1H3,(H,16,18). The summed E-state index contributed by atoms with van der Waals surface area (Å²) < 4.78 is 0. The van der Waals surface area contributed by atoms with Gasteiger partial charge in [-0.05, 0) is 25.5 Å². The van der Waals surface area contributed by atoms with Crippen LogP contribution in [0.15, 0.2) is 30.3 Å². The van der Waals surface area contributed by atoms with Gasteiger partial charge in [0.05, 0.1) is 11.2 Å². The van der Waals surface area contributed by atoms with E-state index in [0.717, 1.165) is 22.3 Å². The maximum Gasteiger partial charge on any atom is 0.224 e. The highest BCUT2D eigenvalue weighted by Gasteiger charge is 2.06. The number of pyridine rings is 1. The molecule has 0 aliphatic rings. The van der Waals surface area contributed by atoms with Crippen LogP contribution in [0, 0.1) is 6.92 Å². The van der Waals surface area contributed by atoms with Gasteiger partial charge in [-0.25, -0.2) is 0 Å². The van der Waals surface area contributed by atoms with Crippen molar-refractivity contribution >= 4 is 22.5 Å². The fourth-order valence-electron chi connectivity index (χ4n) is 1.80. The zero-order chi connectivity index (χ0) is 13.0. The molecule has 1 amide bonds. The number of hydrogen-bond donors (Lipinski definition) is 2. The molecule has 0 saturated heterocycles. The van der Waals surface area contributed by atoms with Crippen LogP contribution in [0.5, 0.6) is 0 Å². The van der Waals surface area contributed by atoms with Crippen LogP contribution in [0.2, 0.25) is 0 Å². The minimum Gasteiger partial charge on any atom is -0.396 e. The molecule has 1 aromatic carbocycles. The highest BCUT2D eigenvalue weighted by molar-refractivity contribution is 6.00. The Hall–Kier alpha value is -1.94. The number of aromatic nitrogens is 1. The fraction of sp³-hybridized carbons (Fsp3) is 0.286. The van der Waals surface area contributed by atoms with Gasteiger partial charge in [-0.3, -0.25) is 9.78 Å². The normalized spacial score (nSPS) is 10.6. The van der Waals surface area contributed by atoms with E-state index in [9.17, 15) is 4.79 Å². The van der Waals surface area contributed by atoms with Gasteiger partial charge in [-0.15, -0.1) is 0 Å². The topological polar surface area (TPSA) is 62.2 Å². The number of fused-ring (bicyclic) bond motifs is 1. The SMILES string of the molecule is Cc1ccc2cccc(NC(=O)CCCO)c2n1. The van der Waals surface area contributed by atoms with E-state index in [0.29, 0.717) is 12.8 Å². The Morgan fingerprint density at radius 1 is 1.33 bits per heavy atom. The quantitative estimate of drug-likeness (QED) is 0.867. The van der Waals surface area contributed by atoms with E-state index in [1.54, 1.807) is 0 Å². The molecule has 0 bridgehead atoms. The van der Waals surface area contributed by atoms with E-state index in [1.165, 1.54) is 0 Å². The zero-order valence-corrected chi connectivity index (χ0v) is 10.3. The van der Waals surface area contributed by atoms with Crippen LogP contribution in [0.1, 0.15) is 18.5 Å². The van der Waals surface area contributed by atoms with Crippen molar-refractivity contribution < 1.29 is 9.90 Å². The van der Waals surface area contributed by atoms with Crippen molar-refractivity contribution in [2.24, 2.45) is 0 Å². The van der Waals surface area contributed by atoms with Gasteiger partial charge in [0.2, 0.25) is 5.91 Å². The number of hydrogen-bond acceptors (Lipinski definition) is 3. The van der Waals surface area contributed by atoms with Crippen molar-refractivity contribution in [3.05, 3.63) is 36.0 Å². The third-order valence-corrected chi connectivity index (χ3v) is 2.70. The molecule has 0 fully saturated rings. The number of aliphatic hydroxyl groups excluding tert-OH is 1. The molecule has 2 N–H and O–H groups in total. The summed E-state index contributed by atoms with van der Waals surface area (Å²) in [7, 11) is 0. The minimum absolute atomic E-state index is 0.0281. The van der Waals surface area contributed by atoms with E-state index in [2.05, 4.69) is 10.3 Å². The molecular weight excluding hydrogens is 228 g/mol. The molecule has 0 radical (unpaired) electrons. The zero-order valence-electron chi connectivity index (χ0n) is 10.3. The van der Waals surface area contributed by atoms with Gasteiger partial charge in [0.25, 0.3) is 0 Å². The largest absolute Gasteiger partial charge is 0.396 e. The lowest BCUT2D eigenvalue weighted by molar-refractivity contribution is -0.116. The number of nitrogens with one attached hydrogen (secondary N) is 1. The monoisotopic (exact) mass is 244 g/mol. The van der Waals surface area contributed by atoms with Gasteiger partial charge in [0, 0.05) is 24.1 Å². The third kappa shape index (κ3) is 2.84. The summed E-state index contributed by atoms with van der Waals surface area (Å²) in [5, 5.41) is 12.5. The Balaban J connectivity index is 2.27. The van der Waals surface area contributed by atoms with E-state index < -0.39 is 0 Å². The Labute approximate surface area is 106 Å².